The molecule has 0 spiro atoms. The van der Waals surface area contributed by atoms with Crippen LogP contribution in [0.3, 0.4) is 0 Å². The molecule has 1 amide bonds. The number of nitrogens with one attached hydrogen (secondary N) is 2. The quantitative estimate of drug-likeness (QED) is 0.310. The molecule has 0 atom stereocenters. The number of hydrogen-bond acceptors (Lipinski definition) is 8. The Morgan fingerprint density at radius 1 is 0.951 bits per heavy atom. The van der Waals surface area contributed by atoms with E-state index in [1.165, 1.54) is 12.1 Å². The number of carbonyl (C=O) groups excluding carboxylic acids is 1. The largest absolute Gasteiger partial charge is 0.439 e. The molecule has 6 rings (SSSR count). The van der Waals surface area contributed by atoms with Crippen molar-refractivity contribution < 1.29 is 23.1 Å². The SMILES string of the molecule is Cc1cccc(C)c1-c1cc2nc(n1)NS(=O)(=O)c1cccc(c1)NC(=O)c1cc(ccc1N1CCC(O)CC1)O2. The van der Waals surface area contributed by atoms with Gasteiger partial charge in [0.1, 0.15) is 5.75 Å². The second-order valence-electron chi connectivity index (χ2n) is 10.3. The molecule has 41 heavy (non-hydrogen) atoms. The molecule has 0 radical (unpaired) electrons. The van der Waals surface area contributed by atoms with Crippen LogP contribution in [0.15, 0.2) is 71.6 Å². The highest BCUT2D eigenvalue weighted by Crippen LogP contribution is 2.34. The molecule has 4 aromatic rings. The summed E-state index contributed by atoms with van der Waals surface area (Å²) in [7, 11) is -4.11. The zero-order valence-corrected chi connectivity index (χ0v) is 23.4. The van der Waals surface area contributed by atoms with E-state index in [0.29, 0.717) is 54.3 Å². The van der Waals surface area contributed by atoms with Gasteiger partial charge in [0.05, 0.1) is 22.3 Å². The summed E-state index contributed by atoms with van der Waals surface area (Å²) in [5.41, 5.74) is 4.61. The molecule has 2 aliphatic heterocycles. The van der Waals surface area contributed by atoms with Crippen molar-refractivity contribution in [1.82, 2.24) is 9.97 Å². The normalized spacial score (nSPS) is 16.7. The molecule has 0 saturated carbocycles. The number of carbonyl (C=O) groups is 1. The van der Waals surface area contributed by atoms with E-state index < -0.39 is 15.9 Å². The maximum absolute atomic E-state index is 13.6. The van der Waals surface area contributed by atoms with Gasteiger partial charge < -0.3 is 20.1 Å². The summed E-state index contributed by atoms with van der Waals surface area (Å²) in [6, 6.07) is 18.7. The topological polar surface area (TPSA) is 134 Å². The number of fused-ring (bicyclic) bond motifs is 6. The second kappa shape index (κ2) is 10.5. The standard InChI is InChI=1S/C30H29N5O5S/c1-18-5-3-6-19(2)28(18)25-17-27-33-30(32-25)34-41(38,39)23-8-4-7-20(15-23)31-29(37)24-16-22(40-27)9-10-26(24)35-13-11-21(36)12-14-35/h3-10,15-17,21,36H,11-14H2,1-2H3,(H,31,37)(H,32,33,34). The number of benzene rings is 3. The van der Waals surface area contributed by atoms with Gasteiger partial charge in [-0.3, -0.25) is 4.79 Å². The second-order valence-corrected chi connectivity index (χ2v) is 12.0. The molecule has 2 aliphatic rings. The molecule has 1 saturated heterocycles. The number of anilines is 3. The van der Waals surface area contributed by atoms with Crippen molar-refractivity contribution in [2.24, 2.45) is 0 Å². The Morgan fingerprint density at radius 3 is 2.44 bits per heavy atom. The smallest absolute Gasteiger partial charge is 0.264 e. The van der Waals surface area contributed by atoms with Gasteiger partial charge in [0.2, 0.25) is 11.8 Å². The summed E-state index contributed by atoms with van der Waals surface area (Å²) in [4.78, 5) is 24.5. The summed E-state index contributed by atoms with van der Waals surface area (Å²) >= 11 is 0. The molecule has 0 unspecified atom stereocenters. The van der Waals surface area contributed by atoms with Gasteiger partial charge >= 0.3 is 0 Å². The highest BCUT2D eigenvalue weighted by atomic mass is 32.2. The van der Waals surface area contributed by atoms with Crippen molar-refractivity contribution in [1.29, 1.82) is 0 Å². The van der Waals surface area contributed by atoms with E-state index >= 15 is 0 Å². The van der Waals surface area contributed by atoms with Gasteiger partial charge in [-0.2, -0.15) is 4.98 Å². The van der Waals surface area contributed by atoms with Gasteiger partial charge in [-0.1, -0.05) is 24.3 Å². The van der Waals surface area contributed by atoms with Crippen LogP contribution in [0.5, 0.6) is 11.6 Å². The highest BCUT2D eigenvalue weighted by Gasteiger charge is 2.25. The Morgan fingerprint density at radius 2 is 1.68 bits per heavy atom. The molecule has 3 heterocycles. The predicted molar refractivity (Wildman–Crippen MR) is 156 cm³/mol. The number of piperidine rings is 1. The minimum absolute atomic E-state index is 0.0603. The molecular weight excluding hydrogens is 542 g/mol. The fourth-order valence-electron chi connectivity index (χ4n) is 5.25. The number of ether oxygens (including phenoxy) is 1. The summed E-state index contributed by atoms with van der Waals surface area (Å²) in [5, 5.41) is 12.8. The average molecular weight is 572 g/mol. The van der Waals surface area contributed by atoms with Crippen LogP contribution in [0, 0.1) is 13.8 Å². The molecule has 1 aromatic heterocycles. The van der Waals surface area contributed by atoms with Gasteiger partial charge in [-0.25, -0.2) is 18.1 Å². The minimum Gasteiger partial charge on any atom is -0.439 e. The van der Waals surface area contributed by atoms with E-state index in [-0.39, 0.29) is 22.8 Å². The number of aliphatic hydroxyl groups is 1. The van der Waals surface area contributed by atoms with E-state index in [1.807, 2.05) is 38.1 Å². The first-order valence-electron chi connectivity index (χ1n) is 13.3. The van der Waals surface area contributed by atoms with E-state index in [1.54, 1.807) is 30.3 Å². The van der Waals surface area contributed by atoms with E-state index in [0.717, 1.165) is 16.7 Å². The summed E-state index contributed by atoms with van der Waals surface area (Å²) in [6.07, 6.45) is 0.821. The third-order valence-corrected chi connectivity index (χ3v) is 8.63. The van der Waals surface area contributed by atoms with Crippen LogP contribution >= 0.6 is 0 Å². The Balaban J connectivity index is 1.52. The Hall–Kier alpha value is -4.48. The minimum atomic E-state index is -4.11. The van der Waals surface area contributed by atoms with Gasteiger partial charge in [0.15, 0.2) is 0 Å². The van der Waals surface area contributed by atoms with Gasteiger partial charge in [-0.15, -0.1) is 0 Å². The number of nitrogens with zero attached hydrogens (tertiary/aromatic N) is 3. The molecule has 10 nitrogen and oxygen atoms in total. The Kier molecular flexibility index (Phi) is 6.84. The van der Waals surface area contributed by atoms with Gasteiger partial charge in [0, 0.05) is 36.1 Å². The van der Waals surface area contributed by atoms with Crippen molar-refractivity contribution in [2.75, 3.05) is 28.0 Å². The average Bonchev–Trinajstić information content (AvgIpc) is 2.93. The number of amides is 1. The van der Waals surface area contributed by atoms with Gasteiger partial charge in [-0.05, 0) is 74.2 Å². The fourth-order valence-corrected chi connectivity index (χ4v) is 6.24. The molecule has 11 heteroatoms. The summed E-state index contributed by atoms with van der Waals surface area (Å²) < 4.78 is 35.4. The summed E-state index contributed by atoms with van der Waals surface area (Å²) in [6.45, 7) is 5.09. The van der Waals surface area contributed by atoms with Crippen LogP contribution in [-0.4, -0.2) is 48.6 Å². The van der Waals surface area contributed by atoms with Gasteiger partial charge in [0.25, 0.3) is 15.9 Å². The Bertz CT molecular complexity index is 1750. The van der Waals surface area contributed by atoms with Crippen LogP contribution in [0.4, 0.5) is 17.3 Å². The maximum Gasteiger partial charge on any atom is 0.264 e. The number of aliphatic hydroxyl groups excluding tert-OH is 1. The monoisotopic (exact) mass is 571 g/mol. The van der Waals surface area contributed by atoms with Crippen LogP contribution in [0.25, 0.3) is 11.3 Å². The summed E-state index contributed by atoms with van der Waals surface area (Å²) in [5.74, 6) is -0.103. The van der Waals surface area contributed by atoms with Crippen molar-refractivity contribution in [3.8, 4) is 22.9 Å². The Labute approximate surface area is 238 Å². The molecule has 3 N–H and O–H groups in total. The maximum atomic E-state index is 13.6. The van der Waals surface area contributed by atoms with E-state index in [9.17, 15) is 18.3 Å². The third kappa shape index (κ3) is 5.46. The van der Waals surface area contributed by atoms with Crippen LogP contribution in [0.2, 0.25) is 0 Å². The van der Waals surface area contributed by atoms with Crippen LogP contribution in [-0.2, 0) is 10.0 Å². The zero-order chi connectivity index (χ0) is 28.7. The number of sulfonamides is 1. The molecular formula is C30H29N5O5S. The van der Waals surface area contributed by atoms with Crippen molar-refractivity contribution in [2.45, 2.75) is 37.7 Å². The zero-order valence-electron chi connectivity index (χ0n) is 22.6. The third-order valence-electron chi connectivity index (χ3n) is 7.31. The van der Waals surface area contributed by atoms with Crippen molar-refractivity contribution in [3.05, 3.63) is 83.4 Å². The first-order valence-corrected chi connectivity index (χ1v) is 14.8. The highest BCUT2D eigenvalue weighted by molar-refractivity contribution is 7.92. The number of hydrogen-bond donors (Lipinski definition) is 3. The lowest BCUT2D eigenvalue weighted by Gasteiger charge is -2.32. The molecule has 1 fully saturated rings. The van der Waals surface area contributed by atoms with Crippen molar-refractivity contribution in [3.63, 3.8) is 0 Å². The van der Waals surface area contributed by atoms with E-state index in [2.05, 4.69) is 24.9 Å². The van der Waals surface area contributed by atoms with Crippen molar-refractivity contribution >= 4 is 33.3 Å². The lowest BCUT2D eigenvalue weighted by molar-refractivity contribution is 0.102. The lowest BCUT2D eigenvalue weighted by atomic mass is 10.00. The molecule has 0 aliphatic carbocycles. The predicted octanol–water partition coefficient (Wildman–Crippen LogP) is 4.88. The van der Waals surface area contributed by atoms with Crippen LogP contribution in [0.1, 0.15) is 34.3 Å². The molecule has 6 bridgehead atoms. The van der Waals surface area contributed by atoms with Crippen LogP contribution < -0.4 is 19.7 Å². The fraction of sp³-hybridized carbons (Fsp3) is 0.233. The lowest BCUT2D eigenvalue weighted by Crippen LogP contribution is -2.37. The van der Waals surface area contributed by atoms with E-state index in [4.69, 9.17) is 4.74 Å². The first-order chi connectivity index (χ1) is 19.7. The number of aryl methyl sites for hydroxylation is 2. The number of rotatable bonds is 2. The number of aromatic nitrogens is 2. The molecule has 210 valence electrons. The first kappa shape index (κ1) is 26.7. The molecule has 3 aromatic carbocycles.